The number of ether oxygens (including phenoxy) is 2. The van der Waals surface area contributed by atoms with Crippen LogP contribution in [0.25, 0.3) is 0 Å². The Morgan fingerprint density at radius 3 is 2.52 bits per heavy atom. The first kappa shape index (κ1) is 20.8. The van der Waals surface area contributed by atoms with Gasteiger partial charge in [0.05, 0.1) is 23.9 Å². The van der Waals surface area contributed by atoms with Crippen LogP contribution in [0.2, 0.25) is 0 Å². The third-order valence-electron chi connectivity index (χ3n) is 3.89. The Hall–Kier alpha value is -2.48. The van der Waals surface area contributed by atoms with Crippen LogP contribution in [-0.4, -0.2) is 42.5 Å². The molecule has 1 heterocycles. The molecule has 146 valence electrons. The molecule has 0 aromatic heterocycles. The van der Waals surface area contributed by atoms with Gasteiger partial charge in [0.15, 0.2) is 0 Å². The van der Waals surface area contributed by atoms with Gasteiger partial charge in [-0.15, -0.1) is 11.8 Å². The predicted octanol–water partition coefficient (Wildman–Crippen LogP) is 2.54. The lowest BCUT2D eigenvalue weighted by Crippen LogP contribution is -2.50. The molecule has 1 aromatic carbocycles. The van der Waals surface area contributed by atoms with Gasteiger partial charge in [-0.3, -0.25) is 4.79 Å². The maximum absolute atomic E-state index is 12.3. The van der Waals surface area contributed by atoms with Crippen molar-refractivity contribution in [3.05, 3.63) is 41.1 Å². The van der Waals surface area contributed by atoms with Crippen molar-refractivity contribution in [2.24, 2.45) is 0 Å². The third kappa shape index (κ3) is 5.75. The fraction of sp³-hybridized carbons (Fsp3) is 0.421. The summed E-state index contributed by atoms with van der Waals surface area (Å²) in [6, 6.07) is 6.85. The molecule has 0 fully saturated rings. The number of benzene rings is 1. The van der Waals surface area contributed by atoms with Crippen molar-refractivity contribution in [2.45, 2.75) is 43.9 Å². The standard InChI is InChI=1S/C19H24N2O5S/c1-5-25-18(23)16-12(3)20-19(24)21-15(16)10-26-17(22)13(4)27-14-8-6-11(2)7-9-14/h6-9,12-13H,5,10H2,1-4H3,(H2,20,21,24). The highest BCUT2D eigenvalue weighted by molar-refractivity contribution is 8.00. The van der Waals surface area contributed by atoms with Crippen molar-refractivity contribution in [2.75, 3.05) is 13.2 Å². The molecule has 0 aliphatic carbocycles. The summed E-state index contributed by atoms with van der Waals surface area (Å²) in [7, 11) is 0. The molecule has 0 saturated carbocycles. The number of carbonyl (C=O) groups is 3. The summed E-state index contributed by atoms with van der Waals surface area (Å²) in [5, 5.41) is 4.69. The van der Waals surface area contributed by atoms with Gasteiger partial charge < -0.3 is 20.1 Å². The second kappa shape index (κ2) is 9.45. The molecular formula is C19H24N2O5S. The summed E-state index contributed by atoms with van der Waals surface area (Å²) in [6.07, 6.45) is 0. The van der Waals surface area contributed by atoms with Crippen molar-refractivity contribution in [3.8, 4) is 0 Å². The zero-order valence-electron chi connectivity index (χ0n) is 15.8. The number of nitrogens with one attached hydrogen (secondary N) is 2. The fourth-order valence-corrected chi connectivity index (χ4v) is 3.39. The number of esters is 2. The van der Waals surface area contributed by atoms with Crippen LogP contribution in [0.4, 0.5) is 4.79 Å². The summed E-state index contributed by atoms with van der Waals surface area (Å²) in [5.74, 6) is -0.984. The van der Waals surface area contributed by atoms with Crippen LogP contribution in [-0.2, 0) is 19.1 Å². The number of amides is 2. The second-order valence-corrected chi connectivity index (χ2v) is 7.53. The summed E-state index contributed by atoms with van der Waals surface area (Å²) in [6.45, 7) is 7.11. The molecule has 1 aliphatic heterocycles. The van der Waals surface area contributed by atoms with Crippen molar-refractivity contribution in [3.63, 3.8) is 0 Å². The van der Waals surface area contributed by atoms with E-state index >= 15 is 0 Å². The number of rotatable bonds is 7. The minimum atomic E-state index is -0.550. The number of hydrogen-bond donors (Lipinski definition) is 2. The minimum Gasteiger partial charge on any atom is -0.463 e. The molecule has 2 atom stereocenters. The normalized spacial score (nSPS) is 17.6. The first-order valence-electron chi connectivity index (χ1n) is 8.69. The van der Waals surface area contributed by atoms with Crippen LogP contribution in [0.3, 0.4) is 0 Å². The molecule has 0 radical (unpaired) electrons. The van der Waals surface area contributed by atoms with Gasteiger partial charge >= 0.3 is 18.0 Å². The highest BCUT2D eigenvalue weighted by atomic mass is 32.2. The van der Waals surface area contributed by atoms with Gasteiger partial charge in [-0.05, 0) is 39.8 Å². The topological polar surface area (TPSA) is 93.7 Å². The largest absolute Gasteiger partial charge is 0.463 e. The predicted molar refractivity (Wildman–Crippen MR) is 102 cm³/mol. The number of aryl methyl sites for hydroxylation is 1. The molecule has 0 bridgehead atoms. The van der Waals surface area contributed by atoms with E-state index in [-0.39, 0.29) is 24.5 Å². The SMILES string of the molecule is CCOC(=O)C1=C(COC(=O)C(C)Sc2ccc(C)cc2)NC(=O)NC1C. The fourth-order valence-electron chi connectivity index (χ4n) is 2.52. The molecule has 0 spiro atoms. The van der Waals surface area contributed by atoms with Gasteiger partial charge in [-0.1, -0.05) is 17.7 Å². The number of hydrogen-bond acceptors (Lipinski definition) is 6. The lowest BCUT2D eigenvalue weighted by atomic mass is 10.0. The van der Waals surface area contributed by atoms with E-state index in [4.69, 9.17) is 9.47 Å². The molecule has 2 amide bonds. The van der Waals surface area contributed by atoms with E-state index in [1.54, 1.807) is 20.8 Å². The van der Waals surface area contributed by atoms with Crippen LogP contribution < -0.4 is 10.6 Å². The molecule has 2 unspecified atom stereocenters. The highest BCUT2D eigenvalue weighted by Crippen LogP contribution is 2.24. The first-order chi connectivity index (χ1) is 12.8. The molecule has 0 saturated heterocycles. The lowest BCUT2D eigenvalue weighted by Gasteiger charge is -2.26. The molecule has 1 aromatic rings. The van der Waals surface area contributed by atoms with E-state index in [1.165, 1.54) is 11.8 Å². The molecule has 7 nitrogen and oxygen atoms in total. The van der Waals surface area contributed by atoms with Crippen LogP contribution in [0, 0.1) is 6.92 Å². The second-order valence-electron chi connectivity index (χ2n) is 6.11. The quantitative estimate of drug-likeness (QED) is 0.547. The van der Waals surface area contributed by atoms with Gasteiger partial charge in [0.2, 0.25) is 0 Å². The van der Waals surface area contributed by atoms with Gasteiger partial charge in [-0.25, -0.2) is 9.59 Å². The monoisotopic (exact) mass is 392 g/mol. The first-order valence-corrected chi connectivity index (χ1v) is 9.57. The summed E-state index contributed by atoms with van der Waals surface area (Å²) in [5.41, 5.74) is 1.64. The molecule has 1 aliphatic rings. The number of carbonyl (C=O) groups excluding carboxylic acids is 3. The van der Waals surface area contributed by atoms with Crippen molar-refractivity contribution in [1.82, 2.24) is 10.6 Å². The Bertz CT molecular complexity index is 745. The molecule has 27 heavy (non-hydrogen) atoms. The molecule has 2 rings (SSSR count). The van der Waals surface area contributed by atoms with Crippen LogP contribution in [0.15, 0.2) is 40.4 Å². The number of urea groups is 1. The van der Waals surface area contributed by atoms with E-state index in [0.717, 1.165) is 10.5 Å². The minimum absolute atomic E-state index is 0.205. The van der Waals surface area contributed by atoms with Crippen molar-refractivity contribution >= 4 is 29.7 Å². The summed E-state index contributed by atoms with van der Waals surface area (Å²) in [4.78, 5) is 37.1. The van der Waals surface area contributed by atoms with E-state index in [0.29, 0.717) is 0 Å². The van der Waals surface area contributed by atoms with Crippen LogP contribution >= 0.6 is 11.8 Å². The van der Waals surface area contributed by atoms with E-state index in [1.807, 2.05) is 31.2 Å². The molecule has 2 N–H and O–H groups in total. The van der Waals surface area contributed by atoms with Crippen molar-refractivity contribution in [1.29, 1.82) is 0 Å². The zero-order valence-corrected chi connectivity index (χ0v) is 16.6. The third-order valence-corrected chi connectivity index (χ3v) is 4.98. The molecular weight excluding hydrogens is 368 g/mol. The summed E-state index contributed by atoms with van der Waals surface area (Å²) < 4.78 is 10.4. The average Bonchev–Trinajstić information content (AvgIpc) is 2.61. The summed E-state index contributed by atoms with van der Waals surface area (Å²) >= 11 is 1.38. The van der Waals surface area contributed by atoms with Gasteiger partial charge in [0, 0.05) is 4.90 Å². The Balaban J connectivity index is 2.03. The Kier molecular flexibility index (Phi) is 7.29. The average molecular weight is 392 g/mol. The van der Waals surface area contributed by atoms with Gasteiger partial charge in [0.25, 0.3) is 0 Å². The van der Waals surface area contributed by atoms with E-state index in [2.05, 4.69) is 10.6 Å². The zero-order chi connectivity index (χ0) is 20.0. The van der Waals surface area contributed by atoms with E-state index in [9.17, 15) is 14.4 Å². The smallest absolute Gasteiger partial charge is 0.338 e. The number of thioether (sulfide) groups is 1. The van der Waals surface area contributed by atoms with Gasteiger partial charge in [-0.2, -0.15) is 0 Å². The van der Waals surface area contributed by atoms with E-state index < -0.39 is 29.3 Å². The highest BCUT2D eigenvalue weighted by Gasteiger charge is 2.30. The lowest BCUT2D eigenvalue weighted by molar-refractivity contribution is -0.143. The Labute approximate surface area is 162 Å². The maximum atomic E-state index is 12.3. The van der Waals surface area contributed by atoms with Crippen LogP contribution in [0.1, 0.15) is 26.3 Å². The van der Waals surface area contributed by atoms with Crippen molar-refractivity contribution < 1.29 is 23.9 Å². The molecule has 8 heteroatoms. The Morgan fingerprint density at radius 1 is 1.22 bits per heavy atom. The Morgan fingerprint density at radius 2 is 1.89 bits per heavy atom. The maximum Gasteiger partial charge on any atom is 0.338 e. The van der Waals surface area contributed by atoms with Gasteiger partial charge in [0.1, 0.15) is 11.9 Å². The van der Waals surface area contributed by atoms with Crippen LogP contribution in [0.5, 0.6) is 0 Å².